The molecule has 0 unspecified atom stereocenters. The number of rotatable bonds is 5. The average molecular weight is 356 g/mol. The zero-order valence-electron chi connectivity index (χ0n) is 13.0. The summed E-state index contributed by atoms with van der Waals surface area (Å²) < 4.78 is 1.74. The Hall–Kier alpha value is -3.12. The maximum absolute atomic E-state index is 11.2. The molecule has 3 N–H and O–H groups in total. The van der Waals surface area contributed by atoms with Crippen molar-refractivity contribution >= 4 is 46.3 Å². The molecule has 126 valence electrons. The summed E-state index contributed by atoms with van der Waals surface area (Å²) in [6.45, 7) is 0.0591. The number of para-hydroxylation sites is 1. The molecule has 0 fully saturated rings. The number of carbonyl (C=O) groups is 2. The molecule has 3 aromatic rings. The lowest BCUT2D eigenvalue weighted by Crippen LogP contribution is -2.17. The number of nitrogens with two attached hydrogens (primary N) is 1. The summed E-state index contributed by atoms with van der Waals surface area (Å²) in [5, 5.41) is 10.3. The molecule has 0 aliphatic rings. The molecule has 0 saturated heterocycles. The van der Waals surface area contributed by atoms with Gasteiger partial charge in [-0.2, -0.15) is 0 Å². The smallest absolute Gasteiger partial charge is 0.335 e. The first-order valence-corrected chi connectivity index (χ1v) is 7.76. The van der Waals surface area contributed by atoms with Crippen LogP contribution in [0.5, 0.6) is 0 Å². The number of primary amides is 1. The van der Waals surface area contributed by atoms with Crippen LogP contribution in [0.2, 0.25) is 5.02 Å². The Labute approximate surface area is 148 Å². The van der Waals surface area contributed by atoms with Crippen molar-refractivity contribution in [2.45, 2.75) is 6.54 Å². The van der Waals surface area contributed by atoms with Crippen molar-refractivity contribution in [2.75, 3.05) is 0 Å². The Bertz CT molecular complexity index is 1010. The number of aromatic nitrogens is 1. The number of carboxylic acid groups (broad SMARTS) is 1. The van der Waals surface area contributed by atoms with Gasteiger partial charge in [0.25, 0.3) is 0 Å². The summed E-state index contributed by atoms with van der Waals surface area (Å²) in [6, 6.07) is 11.9. The summed E-state index contributed by atoms with van der Waals surface area (Å²) >= 11 is 6.09. The van der Waals surface area contributed by atoms with Crippen molar-refractivity contribution in [3.05, 3.63) is 64.8 Å². The van der Waals surface area contributed by atoms with Crippen molar-refractivity contribution in [3.63, 3.8) is 0 Å². The molecule has 0 saturated carbocycles. The highest BCUT2D eigenvalue weighted by atomic mass is 35.5. The lowest BCUT2D eigenvalue weighted by molar-refractivity contribution is -0.118. The minimum absolute atomic E-state index is 0.0591. The van der Waals surface area contributed by atoms with Crippen LogP contribution in [0.1, 0.15) is 15.9 Å². The zero-order valence-corrected chi connectivity index (χ0v) is 13.8. The Morgan fingerprint density at radius 3 is 2.72 bits per heavy atom. The third-order valence-corrected chi connectivity index (χ3v) is 4.00. The van der Waals surface area contributed by atoms with Crippen molar-refractivity contribution in [1.29, 1.82) is 0 Å². The largest absolute Gasteiger partial charge is 0.478 e. The van der Waals surface area contributed by atoms with Crippen LogP contribution in [-0.2, 0) is 11.3 Å². The molecule has 0 aliphatic carbocycles. The Balaban J connectivity index is 2.03. The summed E-state index contributed by atoms with van der Waals surface area (Å²) in [7, 11) is 0. The second-order valence-electron chi connectivity index (χ2n) is 5.43. The maximum atomic E-state index is 11.2. The van der Waals surface area contributed by atoms with E-state index in [0.717, 1.165) is 16.5 Å². The molecule has 0 bridgehead atoms. The van der Waals surface area contributed by atoms with Crippen LogP contribution < -0.4 is 5.73 Å². The van der Waals surface area contributed by atoms with Gasteiger partial charge in [0.2, 0.25) is 5.91 Å². The average Bonchev–Trinajstić information content (AvgIpc) is 2.91. The maximum Gasteiger partial charge on any atom is 0.335 e. The fourth-order valence-electron chi connectivity index (χ4n) is 2.56. The second kappa shape index (κ2) is 6.78. The number of carboxylic acids is 1. The topological polar surface area (TPSA) is 97.7 Å². The molecule has 25 heavy (non-hydrogen) atoms. The molecule has 1 heterocycles. The summed E-state index contributed by atoms with van der Waals surface area (Å²) in [6.07, 6.45) is 3.36. The molecule has 0 atom stereocenters. The number of hydrogen-bond acceptors (Lipinski definition) is 3. The monoisotopic (exact) mass is 355 g/mol. The van der Waals surface area contributed by atoms with Gasteiger partial charge in [0.1, 0.15) is 6.54 Å². The standard InChI is InChI=1S/C18H14ClN3O3/c19-14-6-5-11(18(24)25)7-15(14)21-8-12-9-22(10-17(20)23)16-4-2-1-3-13(12)16/h1-9H,10H2,(H2,20,23)(H,24,25). The molecule has 1 aromatic heterocycles. The molecule has 0 spiro atoms. The molecular formula is C18H14ClN3O3. The molecule has 0 aliphatic heterocycles. The number of fused-ring (bicyclic) bond motifs is 1. The number of carbonyl (C=O) groups excluding carboxylic acids is 1. The van der Waals surface area contributed by atoms with Crippen molar-refractivity contribution in [2.24, 2.45) is 10.7 Å². The van der Waals surface area contributed by atoms with E-state index in [1.807, 2.05) is 24.3 Å². The van der Waals surface area contributed by atoms with Gasteiger partial charge in [0.05, 0.1) is 16.3 Å². The summed E-state index contributed by atoms with van der Waals surface area (Å²) in [5.41, 5.74) is 7.37. The van der Waals surface area contributed by atoms with E-state index in [-0.39, 0.29) is 12.1 Å². The van der Waals surface area contributed by atoms with Gasteiger partial charge >= 0.3 is 5.97 Å². The van der Waals surface area contributed by atoms with Crippen LogP contribution in [0.3, 0.4) is 0 Å². The predicted molar refractivity (Wildman–Crippen MR) is 96.8 cm³/mol. The SMILES string of the molecule is NC(=O)Cn1cc(C=Nc2cc(C(=O)O)ccc2Cl)c2ccccc21. The van der Waals surface area contributed by atoms with Crippen LogP contribution in [0.4, 0.5) is 5.69 Å². The zero-order chi connectivity index (χ0) is 18.0. The van der Waals surface area contributed by atoms with Gasteiger partial charge in [-0.25, -0.2) is 4.79 Å². The van der Waals surface area contributed by atoms with Crippen LogP contribution in [0.15, 0.2) is 53.7 Å². The number of aliphatic imine (C=N–C) groups is 1. The molecule has 1 amide bonds. The van der Waals surface area contributed by atoms with Gasteiger partial charge in [-0.1, -0.05) is 29.8 Å². The molecular weight excluding hydrogens is 342 g/mol. The fraction of sp³-hybridized carbons (Fsp3) is 0.0556. The highest BCUT2D eigenvalue weighted by Gasteiger charge is 2.09. The van der Waals surface area contributed by atoms with E-state index in [4.69, 9.17) is 22.4 Å². The minimum atomic E-state index is -1.05. The van der Waals surface area contributed by atoms with Gasteiger partial charge in [-0.05, 0) is 24.3 Å². The predicted octanol–water partition coefficient (Wildman–Crippen LogP) is 3.23. The number of halogens is 1. The van der Waals surface area contributed by atoms with Crippen molar-refractivity contribution < 1.29 is 14.7 Å². The number of amides is 1. The normalized spacial score (nSPS) is 11.2. The number of aromatic carboxylic acids is 1. The van der Waals surface area contributed by atoms with E-state index in [2.05, 4.69) is 4.99 Å². The van der Waals surface area contributed by atoms with Gasteiger partial charge in [-0.3, -0.25) is 9.79 Å². The molecule has 2 aromatic carbocycles. The van der Waals surface area contributed by atoms with Crippen LogP contribution in [0.25, 0.3) is 10.9 Å². The summed E-state index contributed by atoms with van der Waals surface area (Å²) in [4.78, 5) is 26.6. The van der Waals surface area contributed by atoms with Gasteiger partial charge in [0.15, 0.2) is 0 Å². The molecule has 3 rings (SSSR count). The van der Waals surface area contributed by atoms with E-state index >= 15 is 0 Å². The lowest BCUT2D eigenvalue weighted by atomic mass is 10.2. The molecule has 6 nitrogen and oxygen atoms in total. The van der Waals surface area contributed by atoms with E-state index in [9.17, 15) is 9.59 Å². The third kappa shape index (κ3) is 3.54. The van der Waals surface area contributed by atoms with Gasteiger partial charge < -0.3 is 15.4 Å². The first-order chi connectivity index (χ1) is 12.0. The van der Waals surface area contributed by atoms with Crippen LogP contribution in [0, 0.1) is 0 Å². The van der Waals surface area contributed by atoms with Crippen LogP contribution >= 0.6 is 11.6 Å². The first kappa shape index (κ1) is 16.7. The second-order valence-corrected chi connectivity index (χ2v) is 5.83. The Morgan fingerprint density at radius 1 is 1.24 bits per heavy atom. The minimum Gasteiger partial charge on any atom is -0.478 e. The van der Waals surface area contributed by atoms with E-state index in [1.54, 1.807) is 17.0 Å². The van der Waals surface area contributed by atoms with Crippen molar-refractivity contribution in [3.8, 4) is 0 Å². The molecule has 7 heteroatoms. The van der Waals surface area contributed by atoms with Gasteiger partial charge in [0, 0.05) is 28.9 Å². The lowest BCUT2D eigenvalue weighted by Gasteiger charge is -2.00. The van der Waals surface area contributed by atoms with E-state index < -0.39 is 11.9 Å². The van der Waals surface area contributed by atoms with Crippen LogP contribution in [-0.4, -0.2) is 27.8 Å². The fourth-order valence-corrected chi connectivity index (χ4v) is 2.73. The Kier molecular flexibility index (Phi) is 4.54. The van der Waals surface area contributed by atoms with Gasteiger partial charge in [-0.15, -0.1) is 0 Å². The van der Waals surface area contributed by atoms with Crippen molar-refractivity contribution in [1.82, 2.24) is 4.57 Å². The quantitative estimate of drug-likeness (QED) is 0.687. The molecule has 0 radical (unpaired) electrons. The number of hydrogen-bond donors (Lipinski definition) is 2. The number of benzene rings is 2. The third-order valence-electron chi connectivity index (χ3n) is 3.68. The van der Waals surface area contributed by atoms with E-state index in [1.165, 1.54) is 18.2 Å². The highest BCUT2D eigenvalue weighted by molar-refractivity contribution is 6.33. The highest BCUT2D eigenvalue weighted by Crippen LogP contribution is 2.27. The Morgan fingerprint density at radius 2 is 2.00 bits per heavy atom. The summed E-state index contributed by atoms with van der Waals surface area (Å²) in [5.74, 6) is -1.49. The first-order valence-electron chi connectivity index (χ1n) is 7.39. The number of nitrogens with zero attached hydrogens (tertiary/aromatic N) is 2. The van der Waals surface area contributed by atoms with E-state index in [0.29, 0.717) is 10.7 Å².